The largest absolute Gasteiger partial charge is 0.454 e. The lowest BCUT2D eigenvalue weighted by Crippen LogP contribution is -2.29. The first-order valence-corrected chi connectivity index (χ1v) is 13.6. The maximum Gasteiger partial charge on any atom is 0.339 e. The predicted molar refractivity (Wildman–Crippen MR) is 162 cm³/mol. The Labute approximate surface area is 250 Å². The number of hydrogen-bond donors (Lipinski definition) is 0. The molecule has 0 fully saturated rings. The fourth-order valence-electron chi connectivity index (χ4n) is 5.13. The maximum absolute atomic E-state index is 13.3. The lowest BCUT2D eigenvalue weighted by Gasteiger charge is -2.15. The summed E-state index contributed by atoms with van der Waals surface area (Å²) in [5.41, 5.74) is 3.98. The Morgan fingerprint density at radius 3 is 2.20 bits per heavy atom. The lowest BCUT2D eigenvalue weighted by molar-refractivity contribution is -0.385. The van der Waals surface area contributed by atoms with E-state index in [1.165, 1.54) is 18.2 Å². The highest BCUT2D eigenvalue weighted by molar-refractivity contribution is 6.34. The van der Waals surface area contributed by atoms with Crippen LogP contribution in [0, 0.1) is 24.0 Å². The fourth-order valence-corrected chi connectivity index (χ4v) is 5.13. The quantitative estimate of drug-likeness (QED) is 0.0717. The number of nitro groups is 1. The third kappa shape index (κ3) is 4.98. The summed E-state index contributed by atoms with van der Waals surface area (Å²) in [5.74, 6) is -2.16. The van der Waals surface area contributed by atoms with Crippen molar-refractivity contribution in [2.75, 3.05) is 11.5 Å². The van der Waals surface area contributed by atoms with Crippen LogP contribution in [0.5, 0.6) is 0 Å². The van der Waals surface area contributed by atoms with Gasteiger partial charge in [0, 0.05) is 28.1 Å². The van der Waals surface area contributed by atoms with Crippen molar-refractivity contribution in [1.29, 1.82) is 0 Å². The molecule has 0 atom stereocenters. The van der Waals surface area contributed by atoms with Gasteiger partial charge in [-0.1, -0.05) is 48.0 Å². The van der Waals surface area contributed by atoms with Crippen molar-refractivity contribution in [1.82, 2.24) is 4.98 Å². The molecule has 5 aromatic rings. The molecule has 0 saturated heterocycles. The van der Waals surface area contributed by atoms with Gasteiger partial charge in [0.2, 0.25) is 5.78 Å². The molecular weight excluding hydrogens is 562 g/mol. The van der Waals surface area contributed by atoms with Gasteiger partial charge in [0.1, 0.15) is 0 Å². The molecule has 0 N–H and O–H groups in total. The van der Waals surface area contributed by atoms with Crippen LogP contribution in [-0.2, 0) is 4.74 Å². The van der Waals surface area contributed by atoms with E-state index >= 15 is 0 Å². The standard InChI is InChI=1S/C34H23N3O7/c1-19-7-14-28-26(15-19)27(34(41)44-18-31(38)22-9-8-20(2)30(16-22)37(42)43)17-29(35-28)21-10-12-23(13-11-21)36-32(39)24-5-3-4-6-25(24)33(36)40/h3-17H,18H2,1-2H3. The number of aromatic nitrogens is 1. The van der Waals surface area contributed by atoms with Crippen LogP contribution >= 0.6 is 0 Å². The van der Waals surface area contributed by atoms with Crippen LogP contribution in [0.2, 0.25) is 0 Å². The number of aryl methyl sites for hydroxylation is 2. The van der Waals surface area contributed by atoms with Gasteiger partial charge >= 0.3 is 5.97 Å². The number of carbonyl (C=O) groups is 4. The van der Waals surface area contributed by atoms with E-state index in [0.717, 1.165) is 10.5 Å². The van der Waals surface area contributed by atoms with E-state index in [1.807, 2.05) is 13.0 Å². The Hall–Kier alpha value is -6.03. The van der Waals surface area contributed by atoms with E-state index in [0.29, 0.717) is 44.5 Å². The predicted octanol–water partition coefficient (Wildman–Crippen LogP) is 6.27. The van der Waals surface area contributed by atoms with Crippen molar-refractivity contribution < 1.29 is 28.8 Å². The van der Waals surface area contributed by atoms with Crippen molar-refractivity contribution >= 4 is 45.8 Å². The molecule has 1 aliphatic rings. The SMILES string of the molecule is Cc1ccc2nc(-c3ccc(N4C(=O)c5ccccc5C4=O)cc3)cc(C(=O)OCC(=O)c3ccc(C)c([N+](=O)[O-])c3)c2c1. The molecule has 10 nitrogen and oxygen atoms in total. The molecule has 216 valence electrons. The lowest BCUT2D eigenvalue weighted by atomic mass is 10.0. The number of pyridine rings is 1. The normalized spacial score (nSPS) is 12.4. The Balaban J connectivity index is 1.28. The zero-order chi connectivity index (χ0) is 31.1. The summed E-state index contributed by atoms with van der Waals surface area (Å²) in [5, 5.41) is 11.8. The van der Waals surface area contributed by atoms with E-state index < -0.39 is 35.1 Å². The molecule has 2 amide bonds. The van der Waals surface area contributed by atoms with Gasteiger partial charge in [0.15, 0.2) is 6.61 Å². The van der Waals surface area contributed by atoms with E-state index in [1.54, 1.807) is 73.7 Å². The zero-order valence-electron chi connectivity index (χ0n) is 23.6. The van der Waals surface area contributed by atoms with Crippen molar-refractivity contribution in [3.63, 3.8) is 0 Å². The van der Waals surface area contributed by atoms with Crippen molar-refractivity contribution in [3.8, 4) is 11.3 Å². The molecule has 0 spiro atoms. The first kappa shape index (κ1) is 28.1. The Bertz CT molecular complexity index is 2020. The number of nitrogens with zero attached hydrogens (tertiary/aromatic N) is 3. The Morgan fingerprint density at radius 2 is 1.55 bits per heavy atom. The minimum atomic E-state index is -0.762. The van der Waals surface area contributed by atoms with Crippen molar-refractivity contribution in [2.24, 2.45) is 0 Å². The maximum atomic E-state index is 13.3. The summed E-state index contributed by atoms with van der Waals surface area (Å²) < 4.78 is 5.39. The summed E-state index contributed by atoms with van der Waals surface area (Å²) >= 11 is 0. The number of anilines is 1. The van der Waals surface area contributed by atoms with Crippen LogP contribution < -0.4 is 4.90 Å². The fraction of sp³-hybridized carbons (Fsp3) is 0.0882. The first-order chi connectivity index (χ1) is 21.1. The van der Waals surface area contributed by atoms with Crippen LogP contribution in [0.1, 0.15) is 52.6 Å². The van der Waals surface area contributed by atoms with Gasteiger partial charge in [0.25, 0.3) is 17.5 Å². The van der Waals surface area contributed by atoms with E-state index in [9.17, 15) is 29.3 Å². The van der Waals surface area contributed by atoms with Gasteiger partial charge in [-0.15, -0.1) is 0 Å². The van der Waals surface area contributed by atoms with Gasteiger partial charge in [-0.05, 0) is 56.3 Å². The van der Waals surface area contributed by atoms with Crippen LogP contribution in [0.15, 0.2) is 91.0 Å². The third-order valence-electron chi connectivity index (χ3n) is 7.46. The molecule has 1 aliphatic heterocycles. The first-order valence-electron chi connectivity index (χ1n) is 13.6. The Morgan fingerprint density at radius 1 is 0.864 bits per heavy atom. The molecule has 6 rings (SSSR count). The molecule has 2 heterocycles. The number of nitro benzene ring substituents is 1. The second-order valence-electron chi connectivity index (χ2n) is 10.4. The highest BCUT2D eigenvalue weighted by Gasteiger charge is 2.36. The molecule has 4 aromatic carbocycles. The number of hydrogen-bond acceptors (Lipinski definition) is 8. The summed E-state index contributed by atoms with van der Waals surface area (Å²) in [4.78, 5) is 68.4. The molecule has 0 aliphatic carbocycles. The number of imide groups is 1. The number of rotatable bonds is 7. The average Bonchev–Trinajstić information content (AvgIpc) is 3.28. The molecule has 44 heavy (non-hydrogen) atoms. The highest BCUT2D eigenvalue weighted by Crippen LogP contribution is 2.31. The molecule has 0 bridgehead atoms. The van der Waals surface area contributed by atoms with Gasteiger partial charge in [0.05, 0.1) is 38.5 Å². The smallest absolute Gasteiger partial charge is 0.339 e. The zero-order valence-corrected chi connectivity index (χ0v) is 23.6. The van der Waals surface area contributed by atoms with Crippen LogP contribution in [0.25, 0.3) is 22.2 Å². The summed E-state index contributed by atoms with van der Waals surface area (Å²) in [6.45, 7) is 2.83. The molecule has 0 saturated carbocycles. The van der Waals surface area contributed by atoms with Gasteiger partial charge < -0.3 is 4.74 Å². The minimum absolute atomic E-state index is 0.0596. The number of benzene rings is 4. The second kappa shape index (κ2) is 11.0. The molecular formula is C34H23N3O7. The van der Waals surface area contributed by atoms with Crippen molar-refractivity contribution in [2.45, 2.75) is 13.8 Å². The summed E-state index contributed by atoms with van der Waals surface area (Å²) in [7, 11) is 0. The number of amides is 2. The molecule has 0 unspecified atom stereocenters. The van der Waals surface area contributed by atoms with Crippen LogP contribution in [0.4, 0.5) is 11.4 Å². The number of ketones is 1. The number of carbonyl (C=O) groups excluding carboxylic acids is 4. The molecule has 0 radical (unpaired) electrons. The number of ether oxygens (including phenoxy) is 1. The summed E-state index contributed by atoms with van der Waals surface area (Å²) in [6, 6.07) is 24.4. The molecule has 1 aromatic heterocycles. The third-order valence-corrected chi connectivity index (χ3v) is 7.46. The highest BCUT2D eigenvalue weighted by atomic mass is 16.6. The number of esters is 1. The van der Waals surface area contributed by atoms with E-state index in [4.69, 9.17) is 9.72 Å². The Kier molecular flexibility index (Phi) is 7.02. The molecule has 10 heteroatoms. The average molecular weight is 586 g/mol. The van der Waals surface area contributed by atoms with Gasteiger partial charge in [-0.3, -0.25) is 24.5 Å². The number of fused-ring (bicyclic) bond motifs is 2. The second-order valence-corrected chi connectivity index (χ2v) is 10.4. The monoisotopic (exact) mass is 585 g/mol. The van der Waals surface area contributed by atoms with E-state index in [2.05, 4.69) is 0 Å². The minimum Gasteiger partial charge on any atom is -0.454 e. The number of Topliss-reactive ketones (excluding diaryl/α,β-unsaturated/α-hetero) is 1. The topological polar surface area (TPSA) is 137 Å². The van der Waals surface area contributed by atoms with Crippen LogP contribution in [-0.4, -0.2) is 40.1 Å². The van der Waals surface area contributed by atoms with Gasteiger partial charge in [-0.25, -0.2) is 14.7 Å². The van der Waals surface area contributed by atoms with E-state index in [-0.39, 0.29) is 16.8 Å². The summed E-state index contributed by atoms with van der Waals surface area (Å²) in [6.07, 6.45) is 0. The van der Waals surface area contributed by atoms with Crippen molar-refractivity contribution in [3.05, 3.63) is 134 Å². The van der Waals surface area contributed by atoms with Gasteiger partial charge in [-0.2, -0.15) is 0 Å². The van der Waals surface area contributed by atoms with Crippen LogP contribution in [0.3, 0.4) is 0 Å².